The second-order valence-electron chi connectivity index (χ2n) is 3.74. The fraction of sp³-hybridized carbons (Fsp3) is 0.600. The van der Waals surface area contributed by atoms with Crippen LogP contribution < -0.4 is 10.5 Å². The van der Waals surface area contributed by atoms with Gasteiger partial charge < -0.3 is 5.73 Å². The number of hydrogen-bond donors (Lipinski definition) is 2. The second-order valence-corrected chi connectivity index (χ2v) is 8.09. The fourth-order valence-electron chi connectivity index (χ4n) is 1.28. The van der Waals surface area contributed by atoms with Crippen molar-refractivity contribution in [2.75, 3.05) is 12.8 Å². The highest BCUT2D eigenvalue weighted by atomic mass is 32.2. The largest absolute Gasteiger partial charge is 0.326 e. The Balaban J connectivity index is 2.85. The number of thioether (sulfide) groups is 1. The van der Waals surface area contributed by atoms with Crippen molar-refractivity contribution in [1.82, 2.24) is 4.72 Å². The smallest absolute Gasteiger partial charge is 0.241 e. The maximum absolute atomic E-state index is 12.0. The molecule has 1 atom stereocenters. The lowest BCUT2D eigenvalue weighted by molar-refractivity contribution is 0.581. The van der Waals surface area contributed by atoms with Crippen molar-refractivity contribution in [1.29, 1.82) is 0 Å². The van der Waals surface area contributed by atoms with Gasteiger partial charge in [0.2, 0.25) is 10.0 Å². The molecular formula is C10H18N2O2S3. The third kappa shape index (κ3) is 3.96. The zero-order valence-corrected chi connectivity index (χ0v) is 12.6. The van der Waals surface area contributed by atoms with Gasteiger partial charge in [-0.25, -0.2) is 13.1 Å². The highest BCUT2D eigenvalue weighted by Crippen LogP contribution is 2.25. The van der Waals surface area contributed by atoms with Crippen LogP contribution in [0.1, 0.15) is 16.7 Å². The highest BCUT2D eigenvalue weighted by Gasteiger charge is 2.19. The molecule has 0 aliphatic rings. The van der Waals surface area contributed by atoms with Crippen molar-refractivity contribution in [3.63, 3.8) is 0 Å². The van der Waals surface area contributed by atoms with Gasteiger partial charge in [-0.1, -0.05) is 6.92 Å². The zero-order chi connectivity index (χ0) is 13.1. The SMILES string of the molecule is CSC(C)CNS(=O)(=O)c1cc(CN)sc1C. The van der Waals surface area contributed by atoms with E-state index in [2.05, 4.69) is 4.72 Å². The minimum absolute atomic E-state index is 0.262. The summed E-state index contributed by atoms with van der Waals surface area (Å²) >= 11 is 3.06. The summed E-state index contributed by atoms with van der Waals surface area (Å²) in [6.45, 7) is 4.61. The molecule has 0 radical (unpaired) electrons. The molecule has 0 bridgehead atoms. The third-order valence-corrected chi connectivity index (χ3v) is 6.10. The minimum Gasteiger partial charge on any atom is -0.326 e. The maximum Gasteiger partial charge on any atom is 0.241 e. The van der Waals surface area contributed by atoms with Gasteiger partial charge in [-0.15, -0.1) is 11.3 Å². The monoisotopic (exact) mass is 294 g/mol. The first-order valence-electron chi connectivity index (χ1n) is 5.22. The summed E-state index contributed by atoms with van der Waals surface area (Å²) in [6, 6.07) is 1.66. The van der Waals surface area contributed by atoms with Gasteiger partial charge in [0, 0.05) is 28.1 Å². The normalized spacial score (nSPS) is 13.9. The number of rotatable bonds is 6. The Morgan fingerprint density at radius 1 is 1.59 bits per heavy atom. The van der Waals surface area contributed by atoms with Crippen LogP contribution in [0.2, 0.25) is 0 Å². The Hall–Kier alpha value is -0.0800. The lowest BCUT2D eigenvalue weighted by Crippen LogP contribution is -2.29. The Labute approximate surface area is 111 Å². The Morgan fingerprint density at radius 3 is 2.71 bits per heavy atom. The van der Waals surface area contributed by atoms with E-state index in [1.54, 1.807) is 24.8 Å². The fourth-order valence-corrected chi connectivity index (χ4v) is 4.28. The molecule has 3 N–H and O–H groups in total. The molecule has 1 unspecified atom stereocenters. The van der Waals surface area contributed by atoms with Crippen LogP contribution in [-0.2, 0) is 16.6 Å². The summed E-state index contributed by atoms with van der Waals surface area (Å²) < 4.78 is 26.7. The van der Waals surface area contributed by atoms with Crippen LogP contribution in [0.5, 0.6) is 0 Å². The molecule has 17 heavy (non-hydrogen) atoms. The third-order valence-electron chi connectivity index (χ3n) is 2.38. The van der Waals surface area contributed by atoms with Crippen molar-refractivity contribution >= 4 is 33.1 Å². The summed E-state index contributed by atoms with van der Waals surface area (Å²) in [7, 11) is -3.39. The number of thiophene rings is 1. The van der Waals surface area contributed by atoms with Gasteiger partial charge in [0.15, 0.2) is 0 Å². The summed E-state index contributed by atoms with van der Waals surface area (Å²) in [5.74, 6) is 0. The molecule has 98 valence electrons. The molecule has 0 aliphatic carbocycles. The quantitative estimate of drug-likeness (QED) is 0.835. The number of sulfonamides is 1. The van der Waals surface area contributed by atoms with E-state index in [1.807, 2.05) is 13.2 Å². The van der Waals surface area contributed by atoms with Crippen LogP contribution in [0.3, 0.4) is 0 Å². The van der Waals surface area contributed by atoms with Crippen molar-refractivity contribution in [2.45, 2.75) is 30.5 Å². The van der Waals surface area contributed by atoms with Gasteiger partial charge in [-0.2, -0.15) is 11.8 Å². The topological polar surface area (TPSA) is 72.2 Å². The van der Waals surface area contributed by atoms with E-state index in [4.69, 9.17) is 5.73 Å². The molecular weight excluding hydrogens is 276 g/mol. The molecule has 0 spiro atoms. The molecule has 7 heteroatoms. The molecule has 0 aliphatic heterocycles. The Morgan fingerprint density at radius 2 is 2.24 bits per heavy atom. The van der Waals surface area contributed by atoms with Crippen LogP contribution in [0.15, 0.2) is 11.0 Å². The van der Waals surface area contributed by atoms with Gasteiger partial charge in [-0.05, 0) is 19.2 Å². The highest BCUT2D eigenvalue weighted by molar-refractivity contribution is 7.99. The van der Waals surface area contributed by atoms with E-state index in [0.717, 1.165) is 9.75 Å². The Kier molecular flexibility index (Phi) is 5.46. The van der Waals surface area contributed by atoms with Gasteiger partial charge in [0.25, 0.3) is 0 Å². The van der Waals surface area contributed by atoms with Crippen molar-refractivity contribution in [3.05, 3.63) is 15.8 Å². The van der Waals surface area contributed by atoms with Gasteiger partial charge >= 0.3 is 0 Å². The van der Waals surface area contributed by atoms with E-state index in [1.165, 1.54) is 11.3 Å². The Bertz CT molecular complexity index is 468. The lowest BCUT2D eigenvalue weighted by atomic mass is 10.4. The molecule has 0 aromatic carbocycles. The van der Waals surface area contributed by atoms with E-state index in [9.17, 15) is 8.42 Å². The average Bonchev–Trinajstić information content (AvgIpc) is 2.68. The van der Waals surface area contributed by atoms with Gasteiger partial charge in [-0.3, -0.25) is 0 Å². The second kappa shape index (κ2) is 6.19. The molecule has 1 aromatic heterocycles. The minimum atomic E-state index is -3.39. The van der Waals surface area contributed by atoms with E-state index in [0.29, 0.717) is 18.0 Å². The number of nitrogens with one attached hydrogen (secondary N) is 1. The standard InChI is InChI=1S/C10H18N2O2S3/c1-7(15-3)6-12-17(13,14)10-4-9(5-11)16-8(10)2/h4,7,12H,5-6,11H2,1-3H3. The molecule has 1 heterocycles. The first kappa shape index (κ1) is 15.0. The summed E-state index contributed by atoms with van der Waals surface area (Å²) in [5, 5.41) is 0.262. The number of nitrogens with two attached hydrogens (primary N) is 1. The number of aryl methyl sites for hydroxylation is 1. The van der Waals surface area contributed by atoms with E-state index >= 15 is 0 Å². The van der Waals surface area contributed by atoms with Gasteiger partial charge in [0.05, 0.1) is 4.90 Å². The molecule has 0 amide bonds. The van der Waals surface area contributed by atoms with Crippen LogP contribution in [-0.4, -0.2) is 26.5 Å². The van der Waals surface area contributed by atoms with Crippen LogP contribution >= 0.6 is 23.1 Å². The summed E-state index contributed by atoms with van der Waals surface area (Å²) in [4.78, 5) is 2.03. The van der Waals surface area contributed by atoms with Crippen LogP contribution in [0.4, 0.5) is 0 Å². The van der Waals surface area contributed by atoms with Crippen molar-refractivity contribution in [3.8, 4) is 0 Å². The van der Waals surface area contributed by atoms with Gasteiger partial charge in [0.1, 0.15) is 0 Å². The molecule has 1 rings (SSSR count). The van der Waals surface area contributed by atoms with Crippen LogP contribution in [0.25, 0.3) is 0 Å². The lowest BCUT2D eigenvalue weighted by Gasteiger charge is -2.10. The first-order valence-corrected chi connectivity index (χ1v) is 8.81. The van der Waals surface area contributed by atoms with E-state index < -0.39 is 10.0 Å². The maximum atomic E-state index is 12.0. The van der Waals surface area contributed by atoms with Crippen molar-refractivity contribution < 1.29 is 8.42 Å². The van der Waals surface area contributed by atoms with E-state index in [-0.39, 0.29) is 5.25 Å². The first-order chi connectivity index (χ1) is 7.90. The zero-order valence-electron chi connectivity index (χ0n) is 10.2. The predicted molar refractivity (Wildman–Crippen MR) is 75.1 cm³/mol. The molecule has 0 fully saturated rings. The molecule has 0 saturated carbocycles. The number of hydrogen-bond acceptors (Lipinski definition) is 5. The summed E-state index contributed by atoms with van der Waals surface area (Å²) in [6.07, 6.45) is 1.96. The summed E-state index contributed by atoms with van der Waals surface area (Å²) in [5.41, 5.74) is 5.51. The molecule has 4 nitrogen and oxygen atoms in total. The predicted octanol–water partition coefficient (Wildman–Crippen LogP) is 1.55. The molecule has 1 aromatic rings. The molecule has 0 saturated heterocycles. The average molecular weight is 294 g/mol. The van der Waals surface area contributed by atoms with Crippen LogP contribution in [0, 0.1) is 6.92 Å². The van der Waals surface area contributed by atoms with Crippen molar-refractivity contribution in [2.24, 2.45) is 5.73 Å².